The van der Waals surface area contributed by atoms with Gasteiger partial charge in [-0.1, -0.05) is 141 Å². The summed E-state index contributed by atoms with van der Waals surface area (Å²) >= 11 is 0. The number of pyridine rings is 1. The van der Waals surface area contributed by atoms with Crippen LogP contribution in [0.2, 0.25) is 0 Å². The molecular formula is C48H33N3. The fraction of sp³-hybridized carbons (Fsp3) is 0.0625. The van der Waals surface area contributed by atoms with Gasteiger partial charge in [-0.05, 0) is 85.3 Å². The second-order valence-electron chi connectivity index (χ2n) is 14.0. The molecule has 0 N–H and O–H groups in total. The van der Waals surface area contributed by atoms with Crippen LogP contribution < -0.4 is 0 Å². The van der Waals surface area contributed by atoms with Crippen molar-refractivity contribution in [1.29, 1.82) is 0 Å². The van der Waals surface area contributed by atoms with Crippen LogP contribution >= 0.6 is 0 Å². The number of para-hydroxylation sites is 1. The highest BCUT2D eigenvalue weighted by molar-refractivity contribution is 6.06. The van der Waals surface area contributed by atoms with E-state index >= 15 is 0 Å². The predicted molar refractivity (Wildman–Crippen MR) is 212 cm³/mol. The first-order valence-electron chi connectivity index (χ1n) is 17.5. The summed E-state index contributed by atoms with van der Waals surface area (Å²) in [7, 11) is 0. The van der Waals surface area contributed by atoms with Crippen LogP contribution in [-0.4, -0.2) is 15.0 Å². The number of nitrogens with zero attached hydrogens (tertiary/aromatic N) is 3. The molecule has 0 aliphatic heterocycles. The molecule has 0 amide bonds. The maximum atomic E-state index is 5.29. The van der Waals surface area contributed by atoms with E-state index in [2.05, 4.69) is 159 Å². The molecule has 9 aromatic rings. The van der Waals surface area contributed by atoms with Gasteiger partial charge in [0.25, 0.3) is 0 Å². The predicted octanol–water partition coefficient (Wildman–Crippen LogP) is 12.3. The van der Waals surface area contributed by atoms with Gasteiger partial charge in [0, 0.05) is 33.7 Å². The van der Waals surface area contributed by atoms with E-state index in [0.717, 1.165) is 44.4 Å². The first-order valence-corrected chi connectivity index (χ1v) is 17.5. The van der Waals surface area contributed by atoms with Gasteiger partial charge in [0.1, 0.15) is 0 Å². The van der Waals surface area contributed by atoms with Crippen LogP contribution in [0, 0.1) is 0 Å². The molecule has 7 aromatic carbocycles. The average molecular weight is 652 g/mol. The lowest BCUT2D eigenvalue weighted by molar-refractivity contribution is 0.663. The van der Waals surface area contributed by atoms with Crippen LogP contribution in [0.4, 0.5) is 0 Å². The first-order chi connectivity index (χ1) is 25.0. The molecule has 0 fully saturated rings. The van der Waals surface area contributed by atoms with Crippen molar-refractivity contribution in [2.45, 2.75) is 19.3 Å². The van der Waals surface area contributed by atoms with Crippen molar-refractivity contribution < 1.29 is 0 Å². The molecule has 0 unspecified atom stereocenters. The lowest BCUT2D eigenvalue weighted by Crippen LogP contribution is -2.16. The van der Waals surface area contributed by atoms with Gasteiger partial charge in [0.15, 0.2) is 5.82 Å². The molecule has 0 saturated heterocycles. The normalized spacial score (nSPS) is 13.1. The van der Waals surface area contributed by atoms with Crippen molar-refractivity contribution in [2.24, 2.45) is 0 Å². The van der Waals surface area contributed by atoms with Crippen molar-refractivity contribution in [3.63, 3.8) is 0 Å². The molecule has 1 aliphatic rings. The lowest BCUT2D eigenvalue weighted by Gasteiger charge is -2.25. The molecule has 1 aliphatic carbocycles. The molecule has 240 valence electrons. The Hall–Kier alpha value is -6.45. The zero-order valence-electron chi connectivity index (χ0n) is 28.4. The Morgan fingerprint density at radius 2 is 1.04 bits per heavy atom. The second kappa shape index (κ2) is 11.3. The Labute approximate surface area is 297 Å². The first kappa shape index (κ1) is 29.5. The minimum atomic E-state index is -0.167. The van der Waals surface area contributed by atoms with Crippen LogP contribution in [-0.2, 0) is 5.41 Å². The number of fused-ring (bicyclic) bond motifs is 6. The Bertz CT molecular complexity index is 2830. The number of hydrogen-bond acceptors (Lipinski definition) is 3. The van der Waals surface area contributed by atoms with E-state index in [-0.39, 0.29) is 5.41 Å². The Morgan fingerprint density at radius 1 is 0.431 bits per heavy atom. The highest BCUT2D eigenvalue weighted by atomic mass is 14.9. The van der Waals surface area contributed by atoms with Crippen LogP contribution in [0.1, 0.15) is 25.0 Å². The van der Waals surface area contributed by atoms with E-state index in [1.54, 1.807) is 0 Å². The lowest BCUT2D eigenvalue weighted by atomic mass is 9.78. The fourth-order valence-corrected chi connectivity index (χ4v) is 8.29. The number of rotatable bonds is 4. The highest BCUT2D eigenvalue weighted by Gasteiger charge is 2.38. The monoisotopic (exact) mass is 651 g/mol. The summed E-state index contributed by atoms with van der Waals surface area (Å²) in [5.74, 6) is 0.694. The molecule has 0 saturated carbocycles. The van der Waals surface area contributed by atoms with Gasteiger partial charge in [-0.25, -0.2) is 9.97 Å². The summed E-state index contributed by atoms with van der Waals surface area (Å²) in [6, 6.07) is 56.3. The molecule has 3 nitrogen and oxygen atoms in total. The molecule has 0 bridgehead atoms. The number of aromatic nitrogens is 3. The van der Waals surface area contributed by atoms with E-state index in [1.807, 2.05) is 18.3 Å². The second-order valence-corrected chi connectivity index (χ2v) is 14.0. The summed E-state index contributed by atoms with van der Waals surface area (Å²) < 4.78 is 0. The molecule has 0 spiro atoms. The molecular weight excluding hydrogens is 619 g/mol. The molecule has 51 heavy (non-hydrogen) atoms. The van der Waals surface area contributed by atoms with Crippen molar-refractivity contribution in [3.05, 3.63) is 175 Å². The third-order valence-corrected chi connectivity index (χ3v) is 10.7. The van der Waals surface area contributed by atoms with E-state index in [1.165, 1.54) is 49.5 Å². The van der Waals surface area contributed by atoms with Gasteiger partial charge < -0.3 is 0 Å². The van der Waals surface area contributed by atoms with E-state index in [4.69, 9.17) is 15.0 Å². The highest BCUT2D eigenvalue weighted by Crippen LogP contribution is 2.54. The standard InChI is InChI=1S/C48H33N3/c1-48(2)42-28-33-16-7-6-15-32(33)27-41(42)38-22-11-21-37(45(38)48)36-24-25-39(35-20-9-8-19-34(35)36)47-50-43(30-13-4-3-5-14-30)29-44(51-47)40-23-10-17-31-18-12-26-49-46(31)40/h3-29H,1-2H3. The molecule has 0 atom stereocenters. The molecule has 2 heterocycles. The number of hydrogen-bond donors (Lipinski definition) is 0. The molecule has 2 aromatic heterocycles. The van der Waals surface area contributed by atoms with Crippen LogP contribution in [0.5, 0.6) is 0 Å². The third kappa shape index (κ3) is 4.62. The van der Waals surface area contributed by atoms with Crippen molar-refractivity contribution in [1.82, 2.24) is 15.0 Å². The Kier molecular flexibility index (Phi) is 6.53. The van der Waals surface area contributed by atoms with E-state index in [0.29, 0.717) is 5.82 Å². The topological polar surface area (TPSA) is 38.7 Å². The fourth-order valence-electron chi connectivity index (χ4n) is 8.29. The summed E-state index contributed by atoms with van der Waals surface area (Å²) in [6.07, 6.45) is 1.85. The Morgan fingerprint density at radius 3 is 1.86 bits per heavy atom. The van der Waals surface area contributed by atoms with Gasteiger partial charge in [-0.15, -0.1) is 0 Å². The summed E-state index contributed by atoms with van der Waals surface area (Å²) in [6.45, 7) is 4.75. The zero-order valence-corrected chi connectivity index (χ0v) is 28.4. The van der Waals surface area contributed by atoms with E-state index < -0.39 is 0 Å². The van der Waals surface area contributed by atoms with Gasteiger partial charge in [-0.2, -0.15) is 0 Å². The molecule has 3 heteroatoms. The largest absolute Gasteiger partial charge is 0.256 e. The van der Waals surface area contributed by atoms with Crippen molar-refractivity contribution in [3.8, 4) is 56.2 Å². The Balaban J connectivity index is 1.19. The van der Waals surface area contributed by atoms with E-state index in [9.17, 15) is 0 Å². The van der Waals surface area contributed by atoms with Gasteiger partial charge in [-0.3, -0.25) is 4.98 Å². The summed E-state index contributed by atoms with van der Waals surface area (Å²) in [4.78, 5) is 15.3. The average Bonchev–Trinajstić information content (AvgIpc) is 3.41. The van der Waals surface area contributed by atoms with Crippen molar-refractivity contribution in [2.75, 3.05) is 0 Å². The summed E-state index contributed by atoms with van der Waals surface area (Å²) in [5, 5.41) is 5.95. The molecule has 10 rings (SSSR count). The van der Waals surface area contributed by atoms with Crippen LogP contribution in [0.15, 0.2) is 164 Å². The van der Waals surface area contributed by atoms with Crippen LogP contribution in [0.3, 0.4) is 0 Å². The van der Waals surface area contributed by atoms with Gasteiger partial charge in [0.2, 0.25) is 0 Å². The number of benzene rings is 7. The zero-order chi connectivity index (χ0) is 34.1. The van der Waals surface area contributed by atoms with Gasteiger partial charge in [0.05, 0.1) is 16.9 Å². The van der Waals surface area contributed by atoms with Crippen LogP contribution in [0.25, 0.3) is 88.6 Å². The maximum absolute atomic E-state index is 5.29. The SMILES string of the molecule is CC1(C)c2cc3ccccc3cc2-c2cccc(-c3ccc(-c4nc(-c5ccccc5)cc(-c5cccc6cccnc56)n4)c4ccccc34)c21. The minimum Gasteiger partial charge on any atom is -0.256 e. The van der Waals surface area contributed by atoms with Gasteiger partial charge >= 0.3 is 0 Å². The quantitative estimate of drug-likeness (QED) is 0.190. The van der Waals surface area contributed by atoms with Crippen molar-refractivity contribution >= 4 is 32.4 Å². The maximum Gasteiger partial charge on any atom is 0.161 e. The summed E-state index contributed by atoms with van der Waals surface area (Å²) in [5.41, 5.74) is 13.4. The smallest absolute Gasteiger partial charge is 0.161 e. The molecule has 0 radical (unpaired) electrons. The minimum absolute atomic E-state index is 0.167. The third-order valence-electron chi connectivity index (χ3n) is 10.7.